The van der Waals surface area contributed by atoms with Gasteiger partial charge in [-0.1, -0.05) is 170 Å². The molecule has 1 aliphatic heterocycles. The third-order valence-corrected chi connectivity index (χ3v) is 18.6. The van der Waals surface area contributed by atoms with E-state index in [2.05, 4.69) is 196 Å². The molecular weight excluding hydrogens is 1050 g/mol. The standard InChI is InChI=1S/C80H66N4O2/c1-48-19-16-20-49(2)75(48)62-28-18-27-61-64-46-68-67(79(6,7)36-37-80(68,8)9)45-63(64)56-23-10-11-24-57(56)66-40-51(50-31-34-73-65(39-50)60-26-13-15-30-72(60)86-73)41-71-77(66)83(76(61)62)47-82(71)53-21-17-22-54(43-53)85-55-32-33-59-58-25-12-14-29-69(58)84(70(59)44-55)74-42-52(35-38-81-74)78(3,4)5/h10-35,38-46H,36-37H2,1-9H3/i1D3,2D3. The molecule has 2 aliphatic rings. The maximum absolute atomic E-state index is 9.10. The van der Waals surface area contributed by atoms with Crippen LogP contribution < -0.4 is 9.30 Å². The highest BCUT2D eigenvalue weighted by molar-refractivity contribution is 6.10. The number of hydrogen-bond acceptors (Lipinski definition) is 3. The van der Waals surface area contributed by atoms with E-state index in [0.29, 0.717) is 22.7 Å². The van der Waals surface area contributed by atoms with Crippen LogP contribution in [0.3, 0.4) is 0 Å². The molecule has 16 rings (SSSR count). The van der Waals surface area contributed by atoms with Gasteiger partial charge in [0.15, 0.2) is 0 Å². The van der Waals surface area contributed by atoms with E-state index in [1.807, 2.05) is 66.9 Å². The van der Waals surface area contributed by atoms with Crippen molar-refractivity contribution in [2.24, 2.45) is 0 Å². The molecule has 1 aliphatic carbocycles. The first kappa shape index (κ1) is 45.6. The SMILES string of the molecule is [2H]C([2H])([2H])c1cccc(C([2H])([2H])[2H])c1-c1cccc2c1-[n+]1[c-]n(-c3cccc(Oc4ccc5c6ccccc6n(-c6cc(C(C)(C)C)ccn6)c5c4)c3)c3cc(-c4ccc5oc6ccccc6c5c4)cc(c31)-c1ccccc1-c1cc3c(cc1-2)C(C)(C)CCC3(C)C. The normalized spacial score (nSPS) is 15.5. The van der Waals surface area contributed by atoms with E-state index in [9.17, 15) is 0 Å². The maximum Gasteiger partial charge on any atom is 0.269 e. The molecule has 418 valence electrons. The summed E-state index contributed by atoms with van der Waals surface area (Å²) in [5.74, 6) is 2.04. The van der Waals surface area contributed by atoms with E-state index in [4.69, 9.17) is 22.4 Å². The van der Waals surface area contributed by atoms with Crippen molar-refractivity contribution in [1.82, 2.24) is 14.1 Å². The number of hydrogen-bond donors (Lipinski definition) is 0. The monoisotopic (exact) mass is 1120 g/mol. The Morgan fingerprint density at radius 3 is 1.95 bits per heavy atom. The van der Waals surface area contributed by atoms with E-state index in [0.717, 1.165) is 124 Å². The van der Waals surface area contributed by atoms with Crippen molar-refractivity contribution in [2.45, 2.75) is 91.3 Å². The summed E-state index contributed by atoms with van der Waals surface area (Å²) in [6.45, 7) is 10.6. The second-order valence-electron chi connectivity index (χ2n) is 25.9. The number of ether oxygens (including phenoxy) is 1. The fraction of sp³-hybridized carbons (Fsp3) is 0.175. The average Bonchev–Trinajstić information content (AvgIpc) is 1.48. The molecule has 0 amide bonds. The van der Waals surface area contributed by atoms with Crippen LogP contribution in [0.4, 0.5) is 0 Å². The summed E-state index contributed by atoms with van der Waals surface area (Å²) < 4.78 is 74.4. The largest absolute Gasteiger partial charge is 0.458 e. The van der Waals surface area contributed by atoms with Crippen LogP contribution in [0, 0.1) is 20.0 Å². The first-order chi connectivity index (χ1) is 44.0. The zero-order valence-electron chi connectivity index (χ0n) is 55.2. The molecule has 0 saturated carbocycles. The molecule has 0 fully saturated rings. The summed E-state index contributed by atoms with van der Waals surface area (Å²) in [5, 5.41) is 4.20. The molecule has 10 aromatic carbocycles. The number of rotatable bonds is 6. The van der Waals surface area contributed by atoms with Gasteiger partial charge in [0.25, 0.3) is 6.33 Å². The number of aryl methyl sites for hydroxylation is 2. The second kappa shape index (κ2) is 18.9. The lowest BCUT2D eigenvalue weighted by Crippen LogP contribution is -2.34. The lowest BCUT2D eigenvalue weighted by molar-refractivity contribution is -0.570. The number of aromatic nitrogens is 4. The fourth-order valence-electron chi connectivity index (χ4n) is 14.0. The number of pyridine rings is 1. The number of para-hydroxylation sites is 3. The van der Waals surface area contributed by atoms with Gasteiger partial charge in [0.1, 0.15) is 28.5 Å². The van der Waals surface area contributed by atoms with Crippen LogP contribution in [0.15, 0.2) is 217 Å². The first-order valence-electron chi connectivity index (χ1n) is 32.8. The molecule has 14 aromatic rings. The highest BCUT2D eigenvalue weighted by Gasteiger charge is 2.39. The second-order valence-corrected chi connectivity index (χ2v) is 25.9. The summed E-state index contributed by atoms with van der Waals surface area (Å²) in [7, 11) is 0. The Labute approximate surface area is 510 Å². The number of fused-ring (bicyclic) bond motifs is 14. The van der Waals surface area contributed by atoms with Gasteiger partial charge in [-0.2, -0.15) is 0 Å². The Morgan fingerprint density at radius 1 is 0.523 bits per heavy atom. The highest BCUT2D eigenvalue weighted by atomic mass is 16.5. The molecule has 0 unspecified atom stereocenters. The quantitative estimate of drug-likeness (QED) is 0.123. The van der Waals surface area contributed by atoms with Gasteiger partial charge in [-0.05, 0) is 205 Å². The van der Waals surface area contributed by atoms with E-state index >= 15 is 0 Å². The molecular formula is C80H66N4O2. The summed E-state index contributed by atoms with van der Waals surface area (Å²) >= 11 is 0. The van der Waals surface area contributed by atoms with Gasteiger partial charge in [0, 0.05) is 42.0 Å². The number of furan rings is 1. The van der Waals surface area contributed by atoms with Gasteiger partial charge in [0.2, 0.25) is 0 Å². The minimum absolute atomic E-state index is 0.0525. The zero-order chi connectivity index (χ0) is 63.5. The van der Waals surface area contributed by atoms with Gasteiger partial charge >= 0.3 is 0 Å². The average molecular weight is 1120 g/mol. The van der Waals surface area contributed by atoms with E-state index < -0.39 is 13.7 Å². The smallest absolute Gasteiger partial charge is 0.269 e. The minimum Gasteiger partial charge on any atom is -0.458 e. The maximum atomic E-state index is 9.10. The summed E-state index contributed by atoms with van der Waals surface area (Å²) in [4.78, 5) is 4.94. The van der Waals surface area contributed by atoms with Crippen LogP contribution in [0.25, 0.3) is 128 Å². The van der Waals surface area contributed by atoms with Crippen LogP contribution in [0.1, 0.15) is 97.3 Å². The molecule has 0 atom stereocenters. The molecule has 86 heavy (non-hydrogen) atoms. The number of nitrogens with zero attached hydrogens (tertiary/aromatic N) is 4. The van der Waals surface area contributed by atoms with Gasteiger partial charge < -0.3 is 9.15 Å². The Bertz CT molecular complexity index is 5390. The third-order valence-electron chi connectivity index (χ3n) is 18.6. The van der Waals surface area contributed by atoms with Crippen LogP contribution in [0.5, 0.6) is 11.5 Å². The van der Waals surface area contributed by atoms with E-state index in [-0.39, 0.29) is 32.9 Å². The molecule has 6 nitrogen and oxygen atoms in total. The van der Waals surface area contributed by atoms with Gasteiger partial charge in [-0.15, -0.1) is 0 Å². The summed E-state index contributed by atoms with van der Waals surface area (Å²) in [6.07, 6.45) is 7.83. The van der Waals surface area contributed by atoms with Crippen LogP contribution in [0.2, 0.25) is 0 Å². The summed E-state index contributed by atoms with van der Waals surface area (Å²) in [5.41, 5.74) is 17.8. The van der Waals surface area contributed by atoms with Gasteiger partial charge in [0.05, 0.1) is 33.4 Å². The van der Waals surface area contributed by atoms with Crippen molar-refractivity contribution in [3.8, 4) is 84.3 Å². The Kier molecular flexibility index (Phi) is 10.0. The molecule has 0 bridgehead atoms. The van der Waals surface area contributed by atoms with Crippen molar-refractivity contribution in [3.05, 3.63) is 247 Å². The van der Waals surface area contributed by atoms with Crippen LogP contribution in [-0.2, 0) is 16.2 Å². The topological polar surface area (TPSA) is 49.0 Å². The van der Waals surface area contributed by atoms with Crippen LogP contribution in [-0.4, -0.2) is 14.1 Å². The predicted octanol–water partition coefficient (Wildman–Crippen LogP) is 20.8. The molecule has 6 heteroatoms. The Hall–Kier alpha value is -9.78. The van der Waals surface area contributed by atoms with Gasteiger partial charge in [-0.25, -0.2) is 4.98 Å². The van der Waals surface area contributed by atoms with Crippen molar-refractivity contribution in [2.75, 3.05) is 0 Å². The number of benzene rings is 10. The molecule has 0 N–H and O–H groups in total. The first-order valence-corrected chi connectivity index (χ1v) is 29.8. The third kappa shape index (κ3) is 8.06. The van der Waals surface area contributed by atoms with Crippen molar-refractivity contribution in [1.29, 1.82) is 0 Å². The lowest BCUT2D eigenvalue weighted by atomic mass is 9.62. The van der Waals surface area contributed by atoms with Crippen LogP contribution >= 0.6 is 0 Å². The van der Waals surface area contributed by atoms with E-state index in [1.165, 1.54) is 16.7 Å². The molecule has 0 saturated heterocycles. The Morgan fingerprint density at radius 2 is 1.17 bits per heavy atom. The molecule has 0 radical (unpaired) electrons. The Balaban J connectivity index is 0.992. The molecule has 0 spiro atoms. The summed E-state index contributed by atoms with van der Waals surface area (Å²) in [6, 6.07) is 70.0. The number of imidazole rings is 1. The molecule has 4 aromatic heterocycles. The van der Waals surface area contributed by atoms with E-state index in [1.54, 1.807) is 18.2 Å². The molecule has 5 heterocycles. The van der Waals surface area contributed by atoms with Crippen molar-refractivity contribution in [3.63, 3.8) is 0 Å². The van der Waals surface area contributed by atoms with Crippen molar-refractivity contribution >= 4 is 54.8 Å². The fourth-order valence-corrected chi connectivity index (χ4v) is 14.0. The lowest BCUT2D eigenvalue weighted by Gasteiger charge is -2.42. The van der Waals surface area contributed by atoms with Gasteiger partial charge in [-0.3, -0.25) is 13.7 Å². The zero-order valence-corrected chi connectivity index (χ0v) is 49.2. The highest BCUT2D eigenvalue weighted by Crippen LogP contribution is 2.53. The minimum atomic E-state index is -2.69. The predicted molar refractivity (Wildman–Crippen MR) is 354 cm³/mol. The van der Waals surface area contributed by atoms with Crippen molar-refractivity contribution < 1.29 is 21.9 Å².